The smallest absolute Gasteiger partial charge is 0.181 e. The summed E-state index contributed by atoms with van der Waals surface area (Å²) in [4.78, 5) is 0. The molecule has 0 fully saturated rings. The van der Waals surface area contributed by atoms with Crippen LogP contribution in [0.4, 0.5) is 0 Å². The molecule has 0 saturated heterocycles. The first-order chi connectivity index (χ1) is 11.1. The second kappa shape index (κ2) is 6.86. The number of hydrogen-bond acceptors (Lipinski definition) is 5. The summed E-state index contributed by atoms with van der Waals surface area (Å²) in [5, 5.41) is 21.4. The van der Waals surface area contributed by atoms with E-state index < -0.39 is 12.5 Å². The minimum Gasteiger partial charge on any atom is -0.368 e. The van der Waals surface area contributed by atoms with Crippen LogP contribution in [-0.4, -0.2) is 19.6 Å². The van der Waals surface area contributed by atoms with Gasteiger partial charge in [0.2, 0.25) is 0 Å². The van der Waals surface area contributed by atoms with Gasteiger partial charge in [0.15, 0.2) is 20.4 Å². The molecule has 3 rings (SSSR count). The number of hydrogen-bond donors (Lipinski definition) is 2. The summed E-state index contributed by atoms with van der Waals surface area (Å²) >= 11 is 11.8. The first-order valence-corrected chi connectivity index (χ1v) is 8.53. The highest BCUT2D eigenvalue weighted by molar-refractivity contribution is 7.75. The van der Waals surface area contributed by atoms with Crippen LogP contribution in [0.3, 0.4) is 0 Å². The minimum absolute atomic E-state index is 0.404. The summed E-state index contributed by atoms with van der Waals surface area (Å²) in [7, 11) is 0. The molecule has 0 aliphatic heterocycles. The lowest BCUT2D eigenvalue weighted by Crippen LogP contribution is -2.24. The summed E-state index contributed by atoms with van der Waals surface area (Å²) in [5.41, 5.74) is 1.34. The Hall–Kier alpha value is -1.64. The predicted octanol–water partition coefficient (Wildman–Crippen LogP) is 3.89. The maximum atomic E-state index is 10.7. The Morgan fingerprint density at radius 2 is 1.04 bits per heavy atom. The third-order valence-electron chi connectivity index (χ3n) is 3.44. The van der Waals surface area contributed by atoms with Crippen molar-refractivity contribution in [3.8, 4) is 0 Å². The van der Waals surface area contributed by atoms with Crippen molar-refractivity contribution in [2.45, 2.75) is 12.5 Å². The number of nitrogens with zero attached hydrogens (tertiary/aromatic N) is 2. The standard InChI is InChI=1S/C16H14N2O2S3/c19-13(11-7-3-1-4-8-11)17-15(21)23-16(22)18(17)14(20)12-9-5-2-6-10-12/h1-10,13-14,19-20H/t13-,14+. The molecule has 1 heterocycles. The van der Waals surface area contributed by atoms with Crippen LogP contribution in [0.1, 0.15) is 23.6 Å². The third-order valence-corrected chi connectivity index (χ3v) is 5.04. The fourth-order valence-corrected chi connectivity index (χ4v) is 4.03. The van der Waals surface area contributed by atoms with Crippen LogP contribution in [0.5, 0.6) is 0 Å². The lowest BCUT2D eigenvalue weighted by Gasteiger charge is -2.21. The first kappa shape index (κ1) is 16.2. The number of aliphatic hydroxyl groups excluding tert-OH is 2. The maximum absolute atomic E-state index is 10.7. The van der Waals surface area contributed by atoms with Gasteiger partial charge in [-0.1, -0.05) is 72.0 Å². The molecule has 1 aromatic heterocycles. The Bertz CT molecular complexity index is 826. The average Bonchev–Trinajstić information content (AvgIpc) is 2.89. The molecule has 0 spiro atoms. The van der Waals surface area contributed by atoms with Crippen LogP contribution in [0.2, 0.25) is 0 Å². The molecule has 0 radical (unpaired) electrons. The van der Waals surface area contributed by atoms with Gasteiger partial charge < -0.3 is 10.2 Å². The van der Waals surface area contributed by atoms with Crippen molar-refractivity contribution in [3.05, 3.63) is 79.7 Å². The van der Waals surface area contributed by atoms with E-state index in [1.807, 2.05) is 36.4 Å². The van der Waals surface area contributed by atoms with E-state index in [4.69, 9.17) is 24.4 Å². The van der Waals surface area contributed by atoms with E-state index >= 15 is 0 Å². The summed E-state index contributed by atoms with van der Waals surface area (Å²) in [6.45, 7) is 0. The Morgan fingerprint density at radius 1 is 0.696 bits per heavy atom. The van der Waals surface area contributed by atoms with E-state index in [1.54, 1.807) is 24.3 Å². The molecule has 118 valence electrons. The number of aromatic nitrogens is 2. The molecule has 0 unspecified atom stereocenters. The van der Waals surface area contributed by atoms with Gasteiger partial charge in [0.05, 0.1) is 0 Å². The zero-order chi connectivity index (χ0) is 16.4. The summed E-state index contributed by atoms with van der Waals surface area (Å²) in [5.74, 6) is 0. The second-order valence-electron chi connectivity index (χ2n) is 4.89. The largest absolute Gasteiger partial charge is 0.368 e. The Kier molecular flexibility index (Phi) is 4.84. The highest BCUT2D eigenvalue weighted by Gasteiger charge is 2.21. The molecule has 2 atom stereocenters. The van der Waals surface area contributed by atoms with Crippen LogP contribution in [0.15, 0.2) is 60.7 Å². The van der Waals surface area contributed by atoms with Crippen LogP contribution in [0.25, 0.3) is 0 Å². The molecule has 0 amide bonds. The molecular weight excluding hydrogens is 348 g/mol. The van der Waals surface area contributed by atoms with E-state index in [1.165, 1.54) is 20.7 Å². The van der Waals surface area contributed by atoms with Gasteiger partial charge in [0.25, 0.3) is 0 Å². The zero-order valence-corrected chi connectivity index (χ0v) is 14.4. The molecule has 4 nitrogen and oxygen atoms in total. The van der Waals surface area contributed by atoms with Crippen molar-refractivity contribution in [2.24, 2.45) is 0 Å². The highest BCUT2D eigenvalue weighted by Crippen LogP contribution is 2.25. The van der Waals surface area contributed by atoms with E-state index in [9.17, 15) is 10.2 Å². The SMILES string of the molecule is O[C@H](c1ccccc1)n1c(=S)sc(=S)n1[C@@H](O)c1ccccc1. The molecule has 3 aromatic rings. The van der Waals surface area contributed by atoms with Crippen molar-refractivity contribution in [1.82, 2.24) is 9.36 Å². The molecule has 0 aliphatic rings. The lowest BCUT2D eigenvalue weighted by atomic mass is 10.2. The quantitative estimate of drug-likeness (QED) is 0.692. The molecule has 0 saturated carbocycles. The summed E-state index contributed by atoms with van der Waals surface area (Å²) in [6, 6.07) is 18.3. The molecule has 2 N–H and O–H groups in total. The van der Waals surface area contributed by atoms with Gasteiger partial charge in [0.1, 0.15) is 0 Å². The van der Waals surface area contributed by atoms with Gasteiger partial charge in [-0.2, -0.15) is 0 Å². The van der Waals surface area contributed by atoms with Crippen molar-refractivity contribution in [3.63, 3.8) is 0 Å². The average molecular weight is 363 g/mol. The van der Waals surface area contributed by atoms with Gasteiger partial charge in [-0.05, 0) is 24.4 Å². The first-order valence-electron chi connectivity index (χ1n) is 6.90. The van der Waals surface area contributed by atoms with Crippen LogP contribution < -0.4 is 0 Å². The predicted molar refractivity (Wildman–Crippen MR) is 95.6 cm³/mol. The molecule has 7 heteroatoms. The summed E-state index contributed by atoms with van der Waals surface area (Å²) < 4.78 is 3.72. The zero-order valence-electron chi connectivity index (χ0n) is 11.9. The molecule has 0 bridgehead atoms. The van der Waals surface area contributed by atoms with E-state index in [-0.39, 0.29) is 0 Å². The van der Waals surface area contributed by atoms with Gasteiger partial charge in [-0.15, -0.1) is 0 Å². The van der Waals surface area contributed by atoms with Crippen molar-refractivity contribution in [1.29, 1.82) is 0 Å². The number of benzene rings is 2. The summed E-state index contributed by atoms with van der Waals surface area (Å²) in [6.07, 6.45) is -2.04. The van der Waals surface area contributed by atoms with Gasteiger partial charge >= 0.3 is 0 Å². The normalized spacial score (nSPS) is 13.7. The van der Waals surface area contributed by atoms with Crippen LogP contribution in [-0.2, 0) is 0 Å². The van der Waals surface area contributed by atoms with Gasteiger partial charge in [-0.25, -0.2) is 9.36 Å². The van der Waals surface area contributed by atoms with E-state index in [0.29, 0.717) is 19.0 Å². The Labute approximate surface area is 147 Å². The second-order valence-corrected chi connectivity index (χ2v) is 7.16. The van der Waals surface area contributed by atoms with Gasteiger partial charge in [-0.3, -0.25) is 0 Å². The number of rotatable bonds is 4. The molecular formula is C16H14N2O2S3. The topological polar surface area (TPSA) is 50.3 Å². The third kappa shape index (κ3) is 3.19. The monoisotopic (exact) mass is 362 g/mol. The van der Waals surface area contributed by atoms with Crippen LogP contribution >= 0.6 is 35.8 Å². The minimum atomic E-state index is -1.02. The Balaban J connectivity index is 2.12. The fourth-order valence-electron chi connectivity index (χ4n) is 2.31. The van der Waals surface area contributed by atoms with E-state index in [0.717, 1.165) is 0 Å². The Morgan fingerprint density at radius 3 is 1.39 bits per heavy atom. The van der Waals surface area contributed by atoms with Crippen molar-refractivity contribution in [2.75, 3.05) is 0 Å². The lowest BCUT2D eigenvalue weighted by molar-refractivity contribution is 0.0557. The van der Waals surface area contributed by atoms with Crippen molar-refractivity contribution >= 4 is 35.8 Å². The van der Waals surface area contributed by atoms with Gasteiger partial charge in [0, 0.05) is 11.1 Å². The van der Waals surface area contributed by atoms with Crippen molar-refractivity contribution < 1.29 is 10.2 Å². The number of aliphatic hydroxyl groups is 2. The fraction of sp³-hybridized carbons (Fsp3) is 0.125. The molecule has 2 aromatic carbocycles. The molecule has 0 aliphatic carbocycles. The maximum Gasteiger partial charge on any atom is 0.181 e. The van der Waals surface area contributed by atoms with Crippen LogP contribution in [0, 0.1) is 7.91 Å². The highest BCUT2D eigenvalue weighted by atomic mass is 32.2. The molecule has 23 heavy (non-hydrogen) atoms. The van der Waals surface area contributed by atoms with E-state index in [2.05, 4.69) is 0 Å².